The predicted molar refractivity (Wildman–Crippen MR) is 81.9 cm³/mol. The summed E-state index contributed by atoms with van der Waals surface area (Å²) in [5.41, 5.74) is -0.807. The molecule has 1 amide bonds. The highest BCUT2D eigenvalue weighted by Gasteiger charge is 2.51. The Hall–Kier alpha value is -2.22. The van der Waals surface area contributed by atoms with Gasteiger partial charge in [0.1, 0.15) is 5.41 Å². The number of carbonyl (C=O) groups is 2. The molecule has 0 bridgehead atoms. The first-order chi connectivity index (χ1) is 11.2. The standard InChI is InChI=1S/C15H17N3O4S/c1-2-21-14(20)15(6-4-7-15)13-18-17-11(22-13)9-16-12(19)10-5-3-8-23-10/h3,5,8H,2,4,6-7,9H2,1H3,(H,16,19). The number of rotatable bonds is 6. The normalized spacial score (nSPS) is 15.7. The first-order valence-corrected chi connectivity index (χ1v) is 8.35. The number of amides is 1. The molecule has 2 aromatic rings. The molecule has 0 aliphatic heterocycles. The molecule has 23 heavy (non-hydrogen) atoms. The molecular formula is C15H17N3O4S. The van der Waals surface area contributed by atoms with E-state index in [-0.39, 0.29) is 30.2 Å². The summed E-state index contributed by atoms with van der Waals surface area (Å²) < 4.78 is 10.7. The Morgan fingerprint density at radius 1 is 1.43 bits per heavy atom. The summed E-state index contributed by atoms with van der Waals surface area (Å²) in [5, 5.41) is 12.5. The number of aromatic nitrogens is 2. The number of nitrogens with zero attached hydrogens (tertiary/aromatic N) is 2. The molecule has 3 rings (SSSR count). The van der Waals surface area contributed by atoms with Gasteiger partial charge in [-0.3, -0.25) is 9.59 Å². The van der Waals surface area contributed by atoms with E-state index in [1.165, 1.54) is 11.3 Å². The third-order valence-electron chi connectivity index (χ3n) is 3.89. The fraction of sp³-hybridized carbons (Fsp3) is 0.467. The summed E-state index contributed by atoms with van der Waals surface area (Å²) >= 11 is 1.36. The molecule has 0 aromatic carbocycles. The summed E-state index contributed by atoms with van der Waals surface area (Å²) in [7, 11) is 0. The van der Waals surface area contributed by atoms with Gasteiger partial charge in [-0.05, 0) is 31.2 Å². The third kappa shape index (κ3) is 2.98. The summed E-state index contributed by atoms with van der Waals surface area (Å²) in [6.07, 6.45) is 2.22. The summed E-state index contributed by atoms with van der Waals surface area (Å²) in [6, 6.07) is 3.55. The number of esters is 1. The fourth-order valence-corrected chi connectivity index (χ4v) is 3.11. The molecule has 1 fully saturated rings. The van der Waals surface area contributed by atoms with Gasteiger partial charge in [-0.15, -0.1) is 21.5 Å². The molecular weight excluding hydrogens is 318 g/mol. The Labute approximate surface area is 137 Å². The molecule has 1 saturated carbocycles. The van der Waals surface area contributed by atoms with Crippen LogP contribution in [0.25, 0.3) is 0 Å². The van der Waals surface area contributed by atoms with Crippen LogP contribution in [0.1, 0.15) is 47.6 Å². The lowest BCUT2D eigenvalue weighted by Gasteiger charge is -2.35. The molecule has 8 heteroatoms. The fourth-order valence-electron chi connectivity index (χ4n) is 2.47. The van der Waals surface area contributed by atoms with Crippen LogP contribution in [-0.2, 0) is 21.5 Å². The van der Waals surface area contributed by atoms with Gasteiger partial charge in [0.05, 0.1) is 18.0 Å². The van der Waals surface area contributed by atoms with Gasteiger partial charge in [-0.2, -0.15) is 0 Å². The van der Waals surface area contributed by atoms with E-state index in [9.17, 15) is 9.59 Å². The average Bonchev–Trinajstić information content (AvgIpc) is 3.16. The topological polar surface area (TPSA) is 94.3 Å². The van der Waals surface area contributed by atoms with Crippen molar-refractivity contribution in [1.29, 1.82) is 0 Å². The summed E-state index contributed by atoms with van der Waals surface area (Å²) in [6.45, 7) is 2.21. The number of hydrogen-bond acceptors (Lipinski definition) is 7. The van der Waals surface area contributed by atoms with Gasteiger partial charge in [0.15, 0.2) is 0 Å². The number of carbonyl (C=O) groups excluding carboxylic acids is 2. The molecule has 0 unspecified atom stereocenters. The molecule has 2 aromatic heterocycles. The smallest absolute Gasteiger partial charge is 0.321 e. The van der Waals surface area contributed by atoms with E-state index < -0.39 is 5.41 Å². The van der Waals surface area contributed by atoms with Crippen LogP contribution in [0.2, 0.25) is 0 Å². The van der Waals surface area contributed by atoms with Crippen LogP contribution in [0.15, 0.2) is 21.9 Å². The lowest BCUT2D eigenvalue weighted by molar-refractivity contribution is -0.155. The van der Waals surface area contributed by atoms with Crippen LogP contribution < -0.4 is 5.32 Å². The van der Waals surface area contributed by atoms with E-state index >= 15 is 0 Å². The van der Waals surface area contributed by atoms with E-state index in [1.54, 1.807) is 13.0 Å². The van der Waals surface area contributed by atoms with Gasteiger partial charge >= 0.3 is 5.97 Å². The van der Waals surface area contributed by atoms with Gasteiger partial charge in [-0.1, -0.05) is 12.5 Å². The van der Waals surface area contributed by atoms with E-state index in [0.29, 0.717) is 24.3 Å². The quantitative estimate of drug-likeness (QED) is 0.812. The number of thiophene rings is 1. The number of nitrogens with one attached hydrogen (secondary N) is 1. The highest BCUT2D eigenvalue weighted by atomic mass is 32.1. The van der Waals surface area contributed by atoms with Gasteiger partial charge in [0.25, 0.3) is 5.91 Å². The van der Waals surface area contributed by atoms with Crippen LogP contribution in [0.4, 0.5) is 0 Å². The highest BCUT2D eigenvalue weighted by Crippen LogP contribution is 2.44. The maximum Gasteiger partial charge on any atom is 0.321 e. The van der Waals surface area contributed by atoms with E-state index in [2.05, 4.69) is 15.5 Å². The molecule has 1 aliphatic carbocycles. The Morgan fingerprint density at radius 3 is 2.87 bits per heavy atom. The molecule has 2 heterocycles. The van der Waals surface area contributed by atoms with Crippen molar-refractivity contribution in [2.75, 3.05) is 6.61 Å². The average molecular weight is 335 g/mol. The first kappa shape index (κ1) is 15.7. The lowest BCUT2D eigenvalue weighted by atomic mass is 9.68. The van der Waals surface area contributed by atoms with Crippen molar-refractivity contribution >= 4 is 23.2 Å². The molecule has 7 nitrogen and oxygen atoms in total. The second kappa shape index (κ2) is 6.49. The number of hydrogen-bond donors (Lipinski definition) is 1. The van der Waals surface area contributed by atoms with Crippen molar-refractivity contribution in [2.24, 2.45) is 0 Å². The lowest BCUT2D eigenvalue weighted by Crippen LogP contribution is -2.44. The van der Waals surface area contributed by atoms with E-state index in [1.807, 2.05) is 11.4 Å². The van der Waals surface area contributed by atoms with Crippen molar-refractivity contribution in [3.8, 4) is 0 Å². The Kier molecular flexibility index (Phi) is 4.42. The van der Waals surface area contributed by atoms with E-state index in [0.717, 1.165) is 6.42 Å². The molecule has 0 radical (unpaired) electrons. The molecule has 0 atom stereocenters. The number of ether oxygens (including phenoxy) is 1. The minimum atomic E-state index is -0.807. The molecule has 0 saturated heterocycles. The van der Waals surface area contributed by atoms with Crippen molar-refractivity contribution in [3.63, 3.8) is 0 Å². The Balaban J connectivity index is 1.66. The van der Waals surface area contributed by atoms with E-state index in [4.69, 9.17) is 9.15 Å². The second-order valence-electron chi connectivity index (χ2n) is 5.32. The van der Waals surface area contributed by atoms with Crippen LogP contribution in [0, 0.1) is 0 Å². The summed E-state index contributed by atoms with van der Waals surface area (Å²) in [4.78, 5) is 24.7. The highest BCUT2D eigenvalue weighted by molar-refractivity contribution is 7.12. The van der Waals surface area contributed by atoms with Crippen molar-refractivity contribution in [2.45, 2.75) is 38.1 Å². The SMILES string of the molecule is CCOC(=O)C1(c2nnc(CNC(=O)c3cccs3)o2)CCC1. The van der Waals surface area contributed by atoms with Crippen molar-refractivity contribution < 1.29 is 18.7 Å². The molecule has 0 spiro atoms. The van der Waals surface area contributed by atoms with Gasteiger partial charge < -0.3 is 14.5 Å². The predicted octanol–water partition coefficient (Wildman–Crippen LogP) is 2.05. The van der Waals surface area contributed by atoms with Crippen LogP contribution in [0.5, 0.6) is 0 Å². The molecule has 122 valence electrons. The van der Waals surface area contributed by atoms with Gasteiger partial charge in [0, 0.05) is 0 Å². The van der Waals surface area contributed by atoms with Crippen molar-refractivity contribution in [1.82, 2.24) is 15.5 Å². The van der Waals surface area contributed by atoms with Crippen LogP contribution >= 0.6 is 11.3 Å². The third-order valence-corrected chi connectivity index (χ3v) is 4.76. The zero-order valence-electron chi connectivity index (χ0n) is 12.7. The summed E-state index contributed by atoms with van der Waals surface area (Å²) in [5.74, 6) is 0.0515. The zero-order chi connectivity index (χ0) is 16.3. The second-order valence-corrected chi connectivity index (χ2v) is 6.26. The zero-order valence-corrected chi connectivity index (χ0v) is 13.5. The first-order valence-electron chi connectivity index (χ1n) is 7.47. The Morgan fingerprint density at radius 2 is 2.26 bits per heavy atom. The van der Waals surface area contributed by atoms with Gasteiger partial charge in [-0.25, -0.2) is 0 Å². The monoisotopic (exact) mass is 335 g/mol. The minimum absolute atomic E-state index is 0.128. The van der Waals surface area contributed by atoms with Gasteiger partial charge in [0.2, 0.25) is 11.8 Å². The Bertz CT molecular complexity index is 691. The maximum absolute atomic E-state index is 12.2. The largest absolute Gasteiger partial charge is 0.465 e. The maximum atomic E-state index is 12.2. The van der Waals surface area contributed by atoms with Crippen molar-refractivity contribution in [3.05, 3.63) is 34.2 Å². The molecule has 1 aliphatic rings. The van der Waals surface area contributed by atoms with Crippen LogP contribution in [-0.4, -0.2) is 28.7 Å². The molecule has 1 N–H and O–H groups in total. The van der Waals surface area contributed by atoms with Crippen LogP contribution in [0.3, 0.4) is 0 Å². The minimum Gasteiger partial charge on any atom is -0.465 e.